The number of alkyl carbamates (subject to hydrolysis) is 1. The van der Waals surface area contributed by atoms with Gasteiger partial charge in [-0.1, -0.05) is 0 Å². The molecule has 2 N–H and O–H groups in total. The molecule has 4 aromatic rings. The van der Waals surface area contributed by atoms with Gasteiger partial charge in [-0.05, 0) is 84.2 Å². The number of benzene rings is 1. The van der Waals surface area contributed by atoms with Crippen molar-refractivity contribution in [2.24, 2.45) is 0 Å². The fraction of sp³-hybridized carbons (Fsp3) is 0.441. The first-order chi connectivity index (χ1) is 23.5. The van der Waals surface area contributed by atoms with Crippen LogP contribution in [0.2, 0.25) is 0 Å². The van der Waals surface area contributed by atoms with Crippen molar-refractivity contribution in [3.8, 4) is 17.0 Å². The number of nitrogens with zero attached hydrogens (tertiary/aromatic N) is 7. The van der Waals surface area contributed by atoms with Gasteiger partial charge in [-0.25, -0.2) is 33.7 Å². The van der Waals surface area contributed by atoms with Gasteiger partial charge in [0.25, 0.3) is 0 Å². The van der Waals surface area contributed by atoms with Crippen LogP contribution >= 0.6 is 0 Å². The van der Waals surface area contributed by atoms with Gasteiger partial charge in [-0.3, -0.25) is 4.98 Å². The molecule has 50 heavy (non-hydrogen) atoms. The summed E-state index contributed by atoms with van der Waals surface area (Å²) >= 11 is 0. The molecule has 1 saturated heterocycles. The number of aromatic nitrogens is 5. The molecule has 16 heteroatoms. The first kappa shape index (κ1) is 35.8. The summed E-state index contributed by atoms with van der Waals surface area (Å²) in [5.41, 5.74) is 1.25. The van der Waals surface area contributed by atoms with Crippen molar-refractivity contribution >= 4 is 40.9 Å². The Labute approximate surface area is 288 Å². The van der Waals surface area contributed by atoms with Crippen molar-refractivity contribution in [3.05, 3.63) is 54.5 Å². The second-order valence-corrected chi connectivity index (χ2v) is 13.8. The number of halogens is 1. The second-order valence-electron chi connectivity index (χ2n) is 13.8. The number of piperidine rings is 1. The third-order valence-corrected chi connectivity index (χ3v) is 7.60. The molecule has 0 unspecified atom stereocenters. The molecule has 5 rings (SSSR count). The van der Waals surface area contributed by atoms with Crippen LogP contribution in [0.5, 0.6) is 5.75 Å². The van der Waals surface area contributed by atoms with E-state index in [0.717, 1.165) is 30.4 Å². The lowest BCUT2D eigenvalue weighted by molar-refractivity contribution is 0.0498. The van der Waals surface area contributed by atoms with E-state index in [2.05, 4.69) is 30.2 Å². The number of carboxylic acid groups (broad SMARTS) is 1. The maximum atomic E-state index is 14.7. The number of ether oxygens (including phenoxy) is 3. The van der Waals surface area contributed by atoms with E-state index >= 15 is 0 Å². The maximum absolute atomic E-state index is 14.7. The van der Waals surface area contributed by atoms with E-state index in [4.69, 9.17) is 14.2 Å². The number of carbonyl (C=O) groups excluding carboxylic acids is 2. The van der Waals surface area contributed by atoms with Crippen molar-refractivity contribution in [3.63, 3.8) is 0 Å². The van der Waals surface area contributed by atoms with Gasteiger partial charge in [0.1, 0.15) is 17.5 Å². The molecule has 0 aliphatic carbocycles. The molecule has 15 nitrogen and oxygen atoms in total. The Kier molecular flexibility index (Phi) is 10.1. The van der Waals surface area contributed by atoms with Crippen LogP contribution in [0.1, 0.15) is 59.9 Å². The largest absolute Gasteiger partial charge is 0.494 e. The zero-order valence-corrected chi connectivity index (χ0v) is 29.1. The molecule has 1 fully saturated rings. The molecule has 0 saturated carbocycles. The van der Waals surface area contributed by atoms with Crippen LogP contribution in [-0.2, 0) is 16.0 Å². The van der Waals surface area contributed by atoms with Crippen LogP contribution in [0.3, 0.4) is 0 Å². The number of hydrogen-bond donors (Lipinski definition) is 2. The molecule has 3 amide bonds. The van der Waals surface area contributed by atoms with E-state index in [1.165, 1.54) is 25.6 Å². The fourth-order valence-corrected chi connectivity index (χ4v) is 5.57. The number of hydrogen-bond acceptors (Lipinski definition) is 11. The first-order valence-corrected chi connectivity index (χ1v) is 16.0. The highest BCUT2D eigenvalue weighted by atomic mass is 19.1. The highest BCUT2D eigenvalue weighted by molar-refractivity contribution is 6.11. The summed E-state index contributed by atoms with van der Waals surface area (Å²) < 4.78 is 32.3. The third kappa shape index (κ3) is 8.36. The van der Waals surface area contributed by atoms with Gasteiger partial charge < -0.3 is 34.1 Å². The summed E-state index contributed by atoms with van der Waals surface area (Å²) in [6, 6.07) is 6.22. The highest BCUT2D eigenvalue weighted by Gasteiger charge is 2.33. The van der Waals surface area contributed by atoms with E-state index in [1.807, 2.05) is 6.07 Å². The molecule has 4 heterocycles. The minimum atomic E-state index is -1.60. The molecule has 1 aliphatic heterocycles. The van der Waals surface area contributed by atoms with E-state index in [-0.39, 0.29) is 35.3 Å². The highest BCUT2D eigenvalue weighted by Crippen LogP contribution is 2.32. The molecular weight excluding hydrogens is 651 g/mol. The standard InChI is InChI=1S/C34H41FN8O7/c1-33(2,3)49-30(44)40-22-9-8-12-41(17-22)25-15-36-24(20-10-11-26(48-7)23(35)13-20)14-21(25)16-42-19-39-27-28(42)37-18-38-29(27)43(31(45)46)32(47)50-34(4,5)6/h10-11,13-15,18-19,22H,8-9,12,16-17H2,1-7H3,(H,40,44)(H,45,46)/t22-/m1/s1. The van der Waals surface area contributed by atoms with E-state index < -0.39 is 35.3 Å². The van der Waals surface area contributed by atoms with Crippen LogP contribution in [0.4, 0.5) is 30.3 Å². The van der Waals surface area contributed by atoms with Gasteiger partial charge in [-0.15, -0.1) is 0 Å². The molecule has 0 radical (unpaired) electrons. The topological polar surface area (TPSA) is 174 Å². The average Bonchev–Trinajstić information content (AvgIpc) is 3.42. The van der Waals surface area contributed by atoms with Gasteiger partial charge in [0.15, 0.2) is 28.5 Å². The number of imide groups is 1. The van der Waals surface area contributed by atoms with Crippen molar-refractivity contribution in [2.45, 2.75) is 78.2 Å². The summed E-state index contributed by atoms with van der Waals surface area (Å²) in [4.78, 5) is 57.7. The fourth-order valence-electron chi connectivity index (χ4n) is 5.57. The number of amides is 3. The lowest BCUT2D eigenvalue weighted by Gasteiger charge is -2.36. The predicted molar refractivity (Wildman–Crippen MR) is 182 cm³/mol. The van der Waals surface area contributed by atoms with Gasteiger partial charge in [0.05, 0.1) is 37.6 Å². The number of anilines is 2. The molecule has 3 aromatic heterocycles. The Morgan fingerprint density at radius 1 is 1.04 bits per heavy atom. The quantitative estimate of drug-likeness (QED) is 0.232. The Morgan fingerprint density at radius 3 is 2.44 bits per heavy atom. The Hall–Kier alpha value is -5.54. The summed E-state index contributed by atoms with van der Waals surface area (Å²) in [5, 5.41) is 12.9. The maximum Gasteiger partial charge on any atom is 0.425 e. The normalized spacial score (nSPS) is 15.0. The van der Waals surface area contributed by atoms with E-state index in [1.54, 1.807) is 58.4 Å². The minimum Gasteiger partial charge on any atom is -0.494 e. The molecule has 1 atom stereocenters. The summed E-state index contributed by atoms with van der Waals surface area (Å²) in [5.74, 6) is -0.696. The van der Waals surface area contributed by atoms with Crippen molar-refractivity contribution in [1.82, 2.24) is 29.8 Å². The van der Waals surface area contributed by atoms with Crippen LogP contribution in [0, 0.1) is 5.82 Å². The molecule has 266 valence electrons. The zero-order chi connectivity index (χ0) is 36.4. The second kappa shape index (κ2) is 14.1. The predicted octanol–water partition coefficient (Wildman–Crippen LogP) is 6.00. The van der Waals surface area contributed by atoms with Crippen molar-refractivity contribution in [1.29, 1.82) is 0 Å². The minimum absolute atomic E-state index is 0.0633. The van der Waals surface area contributed by atoms with Gasteiger partial charge in [-0.2, -0.15) is 4.90 Å². The molecule has 0 spiro atoms. The van der Waals surface area contributed by atoms with Crippen LogP contribution in [0.25, 0.3) is 22.4 Å². The summed E-state index contributed by atoms with van der Waals surface area (Å²) in [6.07, 6.45) is 2.63. The zero-order valence-electron chi connectivity index (χ0n) is 29.1. The number of methoxy groups -OCH3 is 1. The van der Waals surface area contributed by atoms with Crippen LogP contribution in [-0.4, -0.2) is 85.3 Å². The van der Waals surface area contributed by atoms with E-state index in [0.29, 0.717) is 29.2 Å². The molecule has 1 aliphatic rings. The van der Waals surface area contributed by atoms with E-state index in [9.17, 15) is 23.9 Å². The van der Waals surface area contributed by atoms with Crippen LogP contribution in [0.15, 0.2) is 43.1 Å². The number of carbonyl (C=O) groups is 3. The van der Waals surface area contributed by atoms with Crippen molar-refractivity contribution in [2.75, 3.05) is 30.0 Å². The summed E-state index contributed by atoms with van der Waals surface area (Å²) in [6.45, 7) is 11.6. The lowest BCUT2D eigenvalue weighted by atomic mass is 10.0. The number of pyridine rings is 1. The Morgan fingerprint density at radius 2 is 1.78 bits per heavy atom. The van der Waals surface area contributed by atoms with Crippen molar-refractivity contribution < 1.29 is 38.1 Å². The summed E-state index contributed by atoms with van der Waals surface area (Å²) in [7, 11) is 1.39. The number of imidazole rings is 1. The molecule has 0 bridgehead atoms. The van der Waals surface area contributed by atoms with Crippen LogP contribution < -0.4 is 19.9 Å². The van der Waals surface area contributed by atoms with Gasteiger partial charge >= 0.3 is 18.3 Å². The lowest BCUT2D eigenvalue weighted by Crippen LogP contribution is -2.49. The molecular formula is C34H41FN8O7. The average molecular weight is 693 g/mol. The van der Waals surface area contributed by atoms with Gasteiger partial charge in [0, 0.05) is 24.7 Å². The Bertz CT molecular complexity index is 1900. The SMILES string of the molecule is COc1ccc(-c2cc(Cn3cnc4c(N(C(=O)O)C(=O)OC(C)(C)C)ncnc43)c(N3CCC[C@@H](NC(=O)OC(C)(C)C)C3)cn2)cc1F. The number of nitrogens with one attached hydrogen (secondary N) is 1. The smallest absolute Gasteiger partial charge is 0.425 e. The van der Waals surface area contributed by atoms with Gasteiger partial charge in [0.2, 0.25) is 0 Å². The number of rotatable bonds is 7. The third-order valence-electron chi connectivity index (χ3n) is 7.60. The Balaban J connectivity index is 1.53. The molecule has 1 aromatic carbocycles. The first-order valence-electron chi connectivity index (χ1n) is 16.0. The monoisotopic (exact) mass is 692 g/mol. The number of fused-ring (bicyclic) bond motifs is 1.